The van der Waals surface area contributed by atoms with Crippen LogP contribution in [-0.4, -0.2) is 24.5 Å². The van der Waals surface area contributed by atoms with Crippen LogP contribution in [0.15, 0.2) is 61.2 Å². The zero-order valence-electron chi connectivity index (χ0n) is 14.4. The molecule has 0 saturated heterocycles. The van der Waals surface area contributed by atoms with Crippen LogP contribution in [0.4, 0.5) is 5.69 Å². The van der Waals surface area contributed by atoms with Gasteiger partial charge in [0.05, 0.1) is 11.3 Å². The van der Waals surface area contributed by atoms with Crippen LogP contribution in [0.25, 0.3) is 0 Å². The van der Waals surface area contributed by atoms with Gasteiger partial charge in [-0.3, -0.25) is 9.59 Å². The summed E-state index contributed by atoms with van der Waals surface area (Å²) in [7, 11) is 0. The number of para-hydroxylation sites is 2. The van der Waals surface area contributed by atoms with Crippen molar-refractivity contribution >= 4 is 17.5 Å². The normalized spacial score (nSPS) is 11.3. The maximum Gasteiger partial charge on any atom is 0.265 e. The first-order valence-corrected chi connectivity index (χ1v) is 8.04. The standard InChI is InChI=1S/C20H22N2O3/c1-4-13-21-20(24)16-10-6-7-11-17(16)22-19(23)15(3)25-18-12-8-5-9-14(18)2/h4-12,15H,1,13H2,2-3H3,(H,21,24)(H,22,23)/t15-/m1/s1. The van der Waals surface area contributed by atoms with E-state index in [2.05, 4.69) is 17.2 Å². The molecule has 0 spiro atoms. The van der Waals surface area contributed by atoms with Gasteiger partial charge in [0.2, 0.25) is 0 Å². The summed E-state index contributed by atoms with van der Waals surface area (Å²) in [5.74, 6) is 0.0534. The predicted molar refractivity (Wildman–Crippen MR) is 98.9 cm³/mol. The van der Waals surface area contributed by atoms with Crippen LogP contribution >= 0.6 is 0 Å². The zero-order valence-corrected chi connectivity index (χ0v) is 14.4. The minimum Gasteiger partial charge on any atom is -0.481 e. The van der Waals surface area contributed by atoms with Crippen molar-refractivity contribution in [2.75, 3.05) is 11.9 Å². The number of anilines is 1. The molecule has 2 rings (SSSR count). The van der Waals surface area contributed by atoms with Crippen LogP contribution in [0.5, 0.6) is 5.75 Å². The van der Waals surface area contributed by atoms with E-state index < -0.39 is 6.10 Å². The predicted octanol–water partition coefficient (Wildman–Crippen LogP) is 3.32. The lowest BCUT2D eigenvalue weighted by Crippen LogP contribution is -2.32. The number of carbonyl (C=O) groups is 2. The molecule has 2 aromatic rings. The molecule has 5 nitrogen and oxygen atoms in total. The average Bonchev–Trinajstić information content (AvgIpc) is 2.62. The Hall–Kier alpha value is -3.08. The Morgan fingerprint density at radius 3 is 2.56 bits per heavy atom. The highest BCUT2D eigenvalue weighted by molar-refractivity contribution is 6.04. The molecular weight excluding hydrogens is 316 g/mol. The molecule has 2 amide bonds. The molecule has 0 bridgehead atoms. The molecule has 0 unspecified atom stereocenters. The van der Waals surface area contributed by atoms with E-state index in [4.69, 9.17) is 4.74 Å². The van der Waals surface area contributed by atoms with Crippen LogP contribution in [0, 0.1) is 6.92 Å². The lowest BCUT2D eigenvalue weighted by atomic mass is 10.1. The van der Waals surface area contributed by atoms with Crippen LogP contribution in [0.1, 0.15) is 22.8 Å². The largest absolute Gasteiger partial charge is 0.481 e. The summed E-state index contributed by atoms with van der Waals surface area (Å²) >= 11 is 0. The molecule has 0 aliphatic rings. The number of rotatable bonds is 7. The van der Waals surface area contributed by atoms with E-state index in [9.17, 15) is 9.59 Å². The Morgan fingerprint density at radius 1 is 1.16 bits per heavy atom. The fraction of sp³-hybridized carbons (Fsp3) is 0.200. The van der Waals surface area contributed by atoms with Crippen molar-refractivity contribution in [3.63, 3.8) is 0 Å². The number of benzene rings is 2. The number of hydrogen-bond acceptors (Lipinski definition) is 3. The molecule has 0 aliphatic carbocycles. The highest BCUT2D eigenvalue weighted by Crippen LogP contribution is 2.19. The quantitative estimate of drug-likeness (QED) is 0.761. The highest BCUT2D eigenvalue weighted by atomic mass is 16.5. The second-order valence-corrected chi connectivity index (χ2v) is 5.56. The molecule has 2 aromatic carbocycles. The zero-order chi connectivity index (χ0) is 18.2. The lowest BCUT2D eigenvalue weighted by Gasteiger charge is -2.17. The Morgan fingerprint density at radius 2 is 1.84 bits per heavy atom. The van der Waals surface area contributed by atoms with Crippen molar-refractivity contribution in [2.45, 2.75) is 20.0 Å². The molecule has 1 atom stereocenters. The Balaban J connectivity index is 2.08. The SMILES string of the molecule is C=CCNC(=O)c1ccccc1NC(=O)[C@@H](C)Oc1ccccc1C. The van der Waals surface area contributed by atoms with Gasteiger partial charge in [0.1, 0.15) is 5.75 Å². The summed E-state index contributed by atoms with van der Waals surface area (Å²) in [4.78, 5) is 24.6. The van der Waals surface area contributed by atoms with Gasteiger partial charge in [-0.2, -0.15) is 0 Å². The van der Waals surface area contributed by atoms with Crippen molar-refractivity contribution in [3.8, 4) is 5.75 Å². The number of ether oxygens (including phenoxy) is 1. The summed E-state index contributed by atoms with van der Waals surface area (Å²) in [6, 6.07) is 14.3. The molecule has 0 radical (unpaired) electrons. The Kier molecular flexibility index (Phi) is 6.34. The maximum atomic E-state index is 12.4. The van der Waals surface area contributed by atoms with Gasteiger partial charge in [0, 0.05) is 6.54 Å². The first kappa shape index (κ1) is 18.3. The third-order valence-electron chi connectivity index (χ3n) is 3.60. The number of amides is 2. The number of carbonyl (C=O) groups excluding carboxylic acids is 2. The molecule has 0 heterocycles. The van der Waals surface area contributed by atoms with Gasteiger partial charge < -0.3 is 15.4 Å². The van der Waals surface area contributed by atoms with E-state index in [0.29, 0.717) is 23.5 Å². The summed E-state index contributed by atoms with van der Waals surface area (Å²) in [6.07, 6.45) is 0.891. The lowest BCUT2D eigenvalue weighted by molar-refractivity contribution is -0.122. The summed E-state index contributed by atoms with van der Waals surface area (Å²) in [5, 5.41) is 5.46. The molecule has 5 heteroatoms. The van der Waals surface area contributed by atoms with Gasteiger partial charge in [-0.1, -0.05) is 36.4 Å². The van der Waals surface area contributed by atoms with Crippen molar-refractivity contribution in [1.29, 1.82) is 0 Å². The number of hydrogen-bond donors (Lipinski definition) is 2. The second-order valence-electron chi connectivity index (χ2n) is 5.56. The third-order valence-corrected chi connectivity index (χ3v) is 3.60. The van der Waals surface area contributed by atoms with Gasteiger partial charge in [0.15, 0.2) is 6.10 Å². The molecule has 2 N–H and O–H groups in total. The smallest absolute Gasteiger partial charge is 0.265 e. The van der Waals surface area contributed by atoms with E-state index in [1.54, 1.807) is 37.3 Å². The van der Waals surface area contributed by atoms with Crippen LogP contribution in [0.3, 0.4) is 0 Å². The van der Waals surface area contributed by atoms with E-state index in [1.165, 1.54) is 0 Å². The molecule has 0 fully saturated rings. The van der Waals surface area contributed by atoms with E-state index in [-0.39, 0.29) is 11.8 Å². The van der Waals surface area contributed by atoms with Gasteiger partial charge in [-0.25, -0.2) is 0 Å². The summed E-state index contributed by atoms with van der Waals surface area (Å²) in [5.41, 5.74) is 1.78. The Bertz CT molecular complexity index is 771. The van der Waals surface area contributed by atoms with Crippen molar-refractivity contribution in [1.82, 2.24) is 5.32 Å². The molecule has 0 aromatic heterocycles. The molecular formula is C20H22N2O3. The van der Waals surface area contributed by atoms with Gasteiger partial charge in [0.25, 0.3) is 11.8 Å². The molecule has 0 saturated carbocycles. The fourth-order valence-corrected chi connectivity index (χ4v) is 2.22. The highest BCUT2D eigenvalue weighted by Gasteiger charge is 2.18. The van der Waals surface area contributed by atoms with E-state index in [1.807, 2.05) is 31.2 Å². The second kappa shape index (κ2) is 8.68. The summed E-state index contributed by atoms with van der Waals surface area (Å²) in [6.45, 7) is 7.51. The third kappa shape index (κ3) is 4.94. The number of aryl methyl sites for hydroxylation is 1. The van der Waals surface area contributed by atoms with Crippen molar-refractivity contribution in [3.05, 3.63) is 72.3 Å². The van der Waals surface area contributed by atoms with Gasteiger partial charge in [-0.15, -0.1) is 6.58 Å². The minimum absolute atomic E-state index is 0.275. The summed E-state index contributed by atoms with van der Waals surface area (Å²) < 4.78 is 5.72. The van der Waals surface area contributed by atoms with E-state index >= 15 is 0 Å². The minimum atomic E-state index is -0.703. The van der Waals surface area contributed by atoms with E-state index in [0.717, 1.165) is 5.56 Å². The maximum absolute atomic E-state index is 12.4. The van der Waals surface area contributed by atoms with Crippen LogP contribution < -0.4 is 15.4 Å². The first-order valence-electron chi connectivity index (χ1n) is 8.04. The van der Waals surface area contributed by atoms with Crippen LogP contribution in [0.2, 0.25) is 0 Å². The molecule has 25 heavy (non-hydrogen) atoms. The first-order chi connectivity index (χ1) is 12.0. The average molecular weight is 338 g/mol. The van der Waals surface area contributed by atoms with Gasteiger partial charge >= 0.3 is 0 Å². The molecule has 0 aliphatic heterocycles. The molecule has 130 valence electrons. The Labute approximate surface area is 147 Å². The fourth-order valence-electron chi connectivity index (χ4n) is 2.22. The van der Waals surface area contributed by atoms with Gasteiger partial charge in [-0.05, 0) is 37.6 Å². The van der Waals surface area contributed by atoms with Crippen LogP contribution in [-0.2, 0) is 4.79 Å². The monoisotopic (exact) mass is 338 g/mol. The number of nitrogens with one attached hydrogen (secondary N) is 2. The van der Waals surface area contributed by atoms with Crippen molar-refractivity contribution < 1.29 is 14.3 Å². The van der Waals surface area contributed by atoms with Crippen molar-refractivity contribution in [2.24, 2.45) is 0 Å². The topological polar surface area (TPSA) is 67.4 Å².